The van der Waals surface area contributed by atoms with E-state index in [9.17, 15) is 14.7 Å². The number of para-hydroxylation sites is 1. The molecule has 1 fully saturated rings. The average Bonchev–Trinajstić information content (AvgIpc) is 2.38. The SMILES string of the molecule is NC(=O)C1CCCCN1c1ccccc1C(=O)O. The molecule has 18 heavy (non-hydrogen) atoms. The van der Waals surface area contributed by atoms with Crippen LogP contribution in [0.1, 0.15) is 29.6 Å². The highest BCUT2D eigenvalue weighted by Crippen LogP contribution is 2.27. The maximum absolute atomic E-state index is 11.5. The van der Waals surface area contributed by atoms with Crippen molar-refractivity contribution < 1.29 is 14.7 Å². The van der Waals surface area contributed by atoms with Crippen LogP contribution >= 0.6 is 0 Å². The van der Waals surface area contributed by atoms with Crippen LogP contribution in [0, 0.1) is 0 Å². The van der Waals surface area contributed by atoms with E-state index in [1.54, 1.807) is 24.3 Å². The summed E-state index contributed by atoms with van der Waals surface area (Å²) in [7, 11) is 0. The van der Waals surface area contributed by atoms with Crippen molar-refractivity contribution >= 4 is 17.6 Å². The summed E-state index contributed by atoms with van der Waals surface area (Å²) >= 11 is 0. The van der Waals surface area contributed by atoms with Gasteiger partial charge in [-0.3, -0.25) is 4.79 Å². The molecule has 0 aromatic heterocycles. The van der Waals surface area contributed by atoms with Crippen molar-refractivity contribution in [1.29, 1.82) is 0 Å². The molecule has 1 amide bonds. The van der Waals surface area contributed by atoms with Gasteiger partial charge in [0.25, 0.3) is 0 Å². The van der Waals surface area contributed by atoms with Crippen molar-refractivity contribution in [3.8, 4) is 0 Å². The number of rotatable bonds is 3. The fraction of sp³-hybridized carbons (Fsp3) is 0.385. The highest BCUT2D eigenvalue weighted by atomic mass is 16.4. The van der Waals surface area contributed by atoms with Gasteiger partial charge in [-0.2, -0.15) is 0 Å². The number of amides is 1. The number of carboxylic acids is 1. The number of primary amides is 1. The van der Waals surface area contributed by atoms with E-state index in [4.69, 9.17) is 5.73 Å². The van der Waals surface area contributed by atoms with Gasteiger partial charge in [0.2, 0.25) is 5.91 Å². The molecule has 1 atom stereocenters. The van der Waals surface area contributed by atoms with Gasteiger partial charge in [0.05, 0.1) is 11.3 Å². The third kappa shape index (κ3) is 2.30. The Bertz CT molecular complexity index is 473. The molecule has 0 bridgehead atoms. The lowest BCUT2D eigenvalue weighted by Crippen LogP contribution is -2.48. The molecule has 1 saturated heterocycles. The molecular formula is C13H16N2O3. The van der Waals surface area contributed by atoms with Crippen LogP contribution < -0.4 is 10.6 Å². The third-order valence-electron chi connectivity index (χ3n) is 3.28. The highest BCUT2D eigenvalue weighted by molar-refractivity contribution is 5.96. The van der Waals surface area contributed by atoms with Gasteiger partial charge >= 0.3 is 5.97 Å². The molecule has 0 radical (unpaired) electrons. The van der Waals surface area contributed by atoms with Gasteiger partial charge in [0.15, 0.2) is 0 Å². The van der Waals surface area contributed by atoms with Crippen LogP contribution in [0.15, 0.2) is 24.3 Å². The van der Waals surface area contributed by atoms with Crippen LogP contribution in [0.5, 0.6) is 0 Å². The number of hydrogen-bond donors (Lipinski definition) is 2. The van der Waals surface area contributed by atoms with Crippen LogP contribution in [0.4, 0.5) is 5.69 Å². The molecule has 96 valence electrons. The number of benzene rings is 1. The fourth-order valence-corrected chi connectivity index (χ4v) is 2.42. The van der Waals surface area contributed by atoms with E-state index in [0.29, 0.717) is 18.7 Å². The molecular weight excluding hydrogens is 232 g/mol. The molecule has 1 aliphatic heterocycles. The first-order valence-electron chi connectivity index (χ1n) is 5.99. The molecule has 5 nitrogen and oxygen atoms in total. The summed E-state index contributed by atoms with van der Waals surface area (Å²) in [5.74, 6) is -1.38. The van der Waals surface area contributed by atoms with Crippen LogP contribution in [0.2, 0.25) is 0 Å². The molecule has 1 heterocycles. The van der Waals surface area contributed by atoms with Crippen LogP contribution in [-0.4, -0.2) is 29.6 Å². The van der Waals surface area contributed by atoms with Gasteiger partial charge in [-0.15, -0.1) is 0 Å². The normalized spacial score (nSPS) is 19.6. The van der Waals surface area contributed by atoms with Gasteiger partial charge < -0.3 is 15.7 Å². The second kappa shape index (κ2) is 5.08. The summed E-state index contributed by atoms with van der Waals surface area (Å²) < 4.78 is 0. The average molecular weight is 248 g/mol. The Balaban J connectivity index is 2.39. The molecule has 1 unspecified atom stereocenters. The molecule has 0 aliphatic carbocycles. The monoisotopic (exact) mass is 248 g/mol. The van der Waals surface area contributed by atoms with Gasteiger partial charge in [-0.05, 0) is 31.4 Å². The van der Waals surface area contributed by atoms with Crippen molar-refractivity contribution in [1.82, 2.24) is 0 Å². The topological polar surface area (TPSA) is 83.6 Å². The maximum Gasteiger partial charge on any atom is 0.337 e. The van der Waals surface area contributed by atoms with E-state index in [2.05, 4.69) is 0 Å². The Morgan fingerprint density at radius 3 is 2.67 bits per heavy atom. The van der Waals surface area contributed by atoms with E-state index in [1.165, 1.54) is 0 Å². The molecule has 3 N–H and O–H groups in total. The minimum absolute atomic E-state index is 0.214. The number of hydrogen-bond acceptors (Lipinski definition) is 3. The Labute approximate surface area is 105 Å². The largest absolute Gasteiger partial charge is 0.478 e. The van der Waals surface area contributed by atoms with Crippen molar-refractivity contribution in [3.63, 3.8) is 0 Å². The number of carbonyl (C=O) groups excluding carboxylic acids is 1. The van der Waals surface area contributed by atoms with E-state index in [1.807, 2.05) is 4.90 Å². The van der Waals surface area contributed by atoms with Crippen molar-refractivity contribution in [2.24, 2.45) is 5.73 Å². The van der Waals surface area contributed by atoms with Gasteiger partial charge in [0.1, 0.15) is 6.04 Å². The lowest BCUT2D eigenvalue weighted by atomic mass is 9.99. The van der Waals surface area contributed by atoms with E-state index < -0.39 is 17.9 Å². The standard InChI is InChI=1S/C13H16N2O3/c14-12(16)11-7-3-4-8-15(11)10-6-2-1-5-9(10)13(17)18/h1-2,5-6,11H,3-4,7-8H2,(H2,14,16)(H,17,18). The Hall–Kier alpha value is -2.04. The first-order chi connectivity index (χ1) is 8.61. The Morgan fingerprint density at radius 1 is 1.28 bits per heavy atom. The third-order valence-corrected chi connectivity index (χ3v) is 3.28. The predicted octanol–water partition coefficient (Wildman–Crippen LogP) is 1.23. The van der Waals surface area contributed by atoms with Gasteiger partial charge in [-0.25, -0.2) is 4.79 Å². The summed E-state index contributed by atoms with van der Waals surface area (Å²) in [5, 5.41) is 9.18. The Kier molecular flexibility index (Phi) is 3.50. The first-order valence-corrected chi connectivity index (χ1v) is 5.99. The number of nitrogens with zero attached hydrogens (tertiary/aromatic N) is 1. The quantitative estimate of drug-likeness (QED) is 0.842. The molecule has 1 aromatic rings. The van der Waals surface area contributed by atoms with Crippen molar-refractivity contribution in [2.75, 3.05) is 11.4 Å². The second-order valence-corrected chi connectivity index (χ2v) is 4.43. The summed E-state index contributed by atoms with van der Waals surface area (Å²) in [5.41, 5.74) is 6.18. The summed E-state index contributed by atoms with van der Waals surface area (Å²) in [6.07, 6.45) is 2.57. The summed E-state index contributed by atoms with van der Waals surface area (Å²) in [4.78, 5) is 24.5. The second-order valence-electron chi connectivity index (χ2n) is 4.43. The molecule has 2 rings (SSSR count). The number of piperidine rings is 1. The molecule has 0 saturated carbocycles. The van der Waals surface area contributed by atoms with Crippen LogP contribution in [0.3, 0.4) is 0 Å². The predicted molar refractivity (Wildman–Crippen MR) is 67.6 cm³/mol. The molecule has 1 aliphatic rings. The Morgan fingerprint density at radius 2 is 2.00 bits per heavy atom. The van der Waals surface area contributed by atoms with Crippen molar-refractivity contribution in [3.05, 3.63) is 29.8 Å². The fourth-order valence-electron chi connectivity index (χ4n) is 2.42. The zero-order chi connectivity index (χ0) is 13.1. The number of carboxylic acid groups (broad SMARTS) is 1. The lowest BCUT2D eigenvalue weighted by Gasteiger charge is -2.36. The number of nitrogens with two attached hydrogens (primary N) is 1. The number of aromatic carboxylic acids is 1. The van der Waals surface area contributed by atoms with Crippen LogP contribution in [0.25, 0.3) is 0 Å². The molecule has 1 aromatic carbocycles. The molecule has 5 heteroatoms. The van der Waals surface area contributed by atoms with E-state index in [-0.39, 0.29) is 5.56 Å². The van der Waals surface area contributed by atoms with E-state index >= 15 is 0 Å². The minimum atomic E-state index is -0.987. The summed E-state index contributed by atoms with van der Waals surface area (Å²) in [6, 6.07) is 6.32. The minimum Gasteiger partial charge on any atom is -0.478 e. The lowest BCUT2D eigenvalue weighted by molar-refractivity contribution is -0.119. The van der Waals surface area contributed by atoms with Crippen molar-refractivity contribution in [2.45, 2.75) is 25.3 Å². The number of anilines is 1. The molecule has 0 spiro atoms. The highest BCUT2D eigenvalue weighted by Gasteiger charge is 2.29. The zero-order valence-corrected chi connectivity index (χ0v) is 10.0. The zero-order valence-electron chi connectivity index (χ0n) is 10.0. The van der Waals surface area contributed by atoms with E-state index in [0.717, 1.165) is 12.8 Å². The smallest absolute Gasteiger partial charge is 0.337 e. The first kappa shape index (κ1) is 12.4. The van der Waals surface area contributed by atoms with Crippen LogP contribution in [-0.2, 0) is 4.79 Å². The summed E-state index contributed by atoms with van der Waals surface area (Å²) in [6.45, 7) is 0.665. The van der Waals surface area contributed by atoms with Gasteiger partial charge in [0, 0.05) is 6.54 Å². The van der Waals surface area contributed by atoms with Gasteiger partial charge in [-0.1, -0.05) is 12.1 Å². The number of carbonyl (C=O) groups is 2. The maximum atomic E-state index is 11.5.